The third-order valence-electron chi connectivity index (χ3n) is 5.04. The molecule has 1 heterocycles. The molecule has 150 valence electrons. The van der Waals surface area contributed by atoms with Gasteiger partial charge in [0.15, 0.2) is 16.8 Å². The lowest BCUT2D eigenvalue weighted by Crippen LogP contribution is -2.11. The third kappa shape index (κ3) is 4.21. The predicted molar refractivity (Wildman–Crippen MR) is 122 cm³/mol. The van der Waals surface area contributed by atoms with Gasteiger partial charge in [-0.1, -0.05) is 102 Å². The first-order valence-corrected chi connectivity index (χ1v) is 10.7. The van der Waals surface area contributed by atoms with E-state index in [1.807, 2.05) is 104 Å². The van der Waals surface area contributed by atoms with E-state index in [1.54, 1.807) is 0 Å². The van der Waals surface area contributed by atoms with Gasteiger partial charge in [-0.25, -0.2) is 0 Å². The fraction of sp³-hybridized carbons (Fsp3) is 0.160. The minimum Gasteiger partial charge on any atom is -0.305 e. The molecule has 0 saturated heterocycles. The van der Waals surface area contributed by atoms with Crippen molar-refractivity contribution in [2.45, 2.75) is 24.3 Å². The highest BCUT2D eigenvalue weighted by Crippen LogP contribution is 2.38. The number of aryl methyl sites for hydroxylation is 2. The van der Waals surface area contributed by atoms with Gasteiger partial charge in [-0.3, -0.25) is 4.79 Å². The topological polar surface area (TPSA) is 47.8 Å². The molecule has 0 spiro atoms. The third-order valence-corrected chi connectivity index (χ3v) is 6.33. The molecule has 4 nitrogen and oxygen atoms in total. The fourth-order valence-corrected chi connectivity index (χ4v) is 4.32. The van der Waals surface area contributed by atoms with Gasteiger partial charge in [-0.2, -0.15) is 0 Å². The SMILES string of the molecule is Cc1ccc(C(=O)C(Sc2nnc(-c3ccccc3)n2C)c2ccc(C)cc2)cc1. The molecule has 3 aromatic carbocycles. The first-order valence-electron chi connectivity index (χ1n) is 9.82. The fourth-order valence-electron chi connectivity index (χ4n) is 3.24. The summed E-state index contributed by atoms with van der Waals surface area (Å²) in [4.78, 5) is 13.5. The summed E-state index contributed by atoms with van der Waals surface area (Å²) in [7, 11) is 1.94. The van der Waals surface area contributed by atoms with Crippen molar-refractivity contribution in [3.8, 4) is 11.4 Å². The van der Waals surface area contributed by atoms with Gasteiger partial charge in [-0.15, -0.1) is 10.2 Å². The second-order valence-corrected chi connectivity index (χ2v) is 8.44. The molecule has 0 fully saturated rings. The Morgan fingerprint density at radius 2 is 1.43 bits per heavy atom. The predicted octanol–water partition coefficient (Wildman–Crippen LogP) is 5.82. The molecule has 1 atom stereocenters. The van der Waals surface area contributed by atoms with Gasteiger partial charge in [0.05, 0.1) is 0 Å². The van der Waals surface area contributed by atoms with E-state index < -0.39 is 5.25 Å². The number of ketones is 1. The smallest absolute Gasteiger partial charge is 0.192 e. The maximum Gasteiger partial charge on any atom is 0.192 e. The normalized spacial score (nSPS) is 12.0. The number of benzene rings is 3. The van der Waals surface area contributed by atoms with E-state index in [-0.39, 0.29) is 5.78 Å². The maximum atomic E-state index is 13.5. The molecule has 4 rings (SSSR count). The summed E-state index contributed by atoms with van der Waals surface area (Å²) in [6, 6.07) is 25.8. The molecule has 5 heteroatoms. The highest BCUT2D eigenvalue weighted by molar-refractivity contribution is 8.00. The van der Waals surface area contributed by atoms with Crippen LogP contribution in [0.3, 0.4) is 0 Å². The second-order valence-electron chi connectivity index (χ2n) is 7.37. The van der Waals surface area contributed by atoms with Gasteiger partial charge >= 0.3 is 0 Å². The van der Waals surface area contributed by atoms with E-state index in [2.05, 4.69) is 10.2 Å². The van der Waals surface area contributed by atoms with Crippen molar-refractivity contribution in [2.75, 3.05) is 0 Å². The van der Waals surface area contributed by atoms with Crippen molar-refractivity contribution in [1.29, 1.82) is 0 Å². The van der Waals surface area contributed by atoms with Crippen LogP contribution < -0.4 is 0 Å². The van der Waals surface area contributed by atoms with Gasteiger partial charge in [0.1, 0.15) is 5.25 Å². The zero-order valence-electron chi connectivity index (χ0n) is 17.2. The van der Waals surface area contributed by atoms with Crippen LogP contribution in [0.15, 0.2) is 84.0 Å². The van der Waals surface area contributed by atoms with Crippen LogP contribution in [0.1, 0.15) is 32.3 Å². The van der Waals surface area contributed by atoms with Crippen molar-refractivity contribution in [3.05, 3.63) is 101 Å². The van der Waals surface area contributed by atoms with E-state index in [1.165, 1.54) is 11.8 Å². The standard InChI is InChI=1S/C25H23N3OS/c1-17-9-13-19(14-10-17)22(29)23(20-15-11-18(2)12-16-20)30-25-27-26-24(28(25)3)21-7-5-4-6-8-21/h4-16,23H,1-3H3. The first kappa shape index (κ1) is 20.1. The van der Waals surface area contributed by atoms with Crippen LogP contribution in [0.5, 0.6) is 0 Å². The lowest BCUT2D eigenvalue weighted by atomic mass is 10.0. The molecule has 0 aliphatic heterocycles. The van der Waals surface area contributed by atoms with Gasteiger partial charge < -0.3 is 4.57 Å². The Labute approximate surface area is 181 Å². The summed E-state index contributed by atoms with van der Waals surface area (Å²) in [5.74, 6) is 0.844. The van der Waals surface area contributed by atoms with Gasteiger partial charge in [-0.05, 0) is 19.4 Å². The van der Waals surface area contributed by atoms with Crippen molar-refractivity contribution in [1.82, 2.24) is 14.8 Å². The quantitative estimate of drug-likeness (QED) is 0.295. The molecule has 4 aromatic rings. The number of rotatable bonds is 6. The van der Waals surface area contributed by atoms with Crippen molar-refractivity contribution >= 4 is 17.5 Å². The zero-order valence-corrected chi connectivity index (χ0v) is 18.1. The molecule has 0 N–H and O–H groups in total. The number of aromatic nitrogens is 3. The number of carbonyl (C=O) groups is 1. The average molecular weight is 414 g/mol. The molecule has 30 heavy (non-hydrogen) atoms. The molecule has 0 aliphatic rings. The van der Waals surface area contributed by atoms with Gasteiger partial charge in [0.2, 0.25) is 0 Å². The van der Waals surface area contributed by atoms with Crippen LogP contribution in [0.4, 0.5) is 0 Å². The molecule has 1 unspecified atom stereocenters. The summed E-state index contributed by atoms with van der Waals surface area (Å²) in [6.07, 6.45) is 0. The number of hydrogen-bond donors (Lipinski definition) is 0. The van der Waals surface area contributed by atoms with E-state index in [4.69, 9.17) is 0 Å². The van der Waals surface area contributed by atoms with Crippen LogP contribution in [0.25, 0.3) is 11.4 Å². The Kier molecular flexibility index (Phi) is 5.81. The Bertz CT molecular complexity index is 1150. The zero-order chi connectivity index (χ0) is 21.1. The monoisotopic (exact) mass is 413 g/mol. The Morgan fingerprint density at radius 3 is 2.07 bits per heavy atom. The Hall–Kier alpha value is -3.18. The van der Waals surface area contributed by atoms with Crippen LogP contribution in [0, 0.1) is 13.8 Å². The largest absolute Gasteiger partial charge is 0.305 e. The lowest BCUT2D eigenvalue weighted by molar-refractivity contribution is 0.0989. The van der Waals surface area contributed by atoms with Gasteiger partial charge in [0, 0.05) is 18.2 Å². The molecule has 0 saturated carbocycles. The number of carbonyl (C=O) groups excluding carboxylic acids is 1. The highest BCUT2D eigenvalue weighted by atomic mass is 32.2. The lowest BCUT2D eigenvalue weighted by Gasteiger charge is -2.16. The summed E-state index contributed by atoms with van der Waals surface area (Å²) < 4.78 is 1.95. The summed E-state index contributed by atoms with van der Waals surface area (Å²) in [5, 5.41) is 9.07. The number of nitrogens with zero attached hydrogens (tertiary/aromatic N) is 3. The van der Waals surface area contributed by atoms with Crippen LogP contribution >= 0.6 is 11.8 Å². The molecule has 1 aromatic heterocycles. The molecule has 0 amide bonds. The van der Waals surface area contributed by atoms with Crippen LogP contribution in [0.2, 0.25) is 0 Å². The molecule has 0 bridgehead atoms. The van der Waals surface area contributed by atoms with Crippen molar-refractivity contribution in [2.24, 2.45) is 7.05 Å². The minimum atomic E-state index is -0.403. The molecule has 0 aliphatic carbocycles. The van der Waals surface area contributed by atoms with Crippen molar-refractivity contribution in [3.63, 3.8) is 0 Å². The minimum absolute atomic E-state index is 0.0631. The van der Waals surface area contributed by atoms with Crippen molar-refractivity contribution < 1.29 is 4.79 Å². The number of thioether (sulfide) groups is 1. The van der Waals surface area contributed by atoms with E-state index in [9.17, 15) is 4.79 Å². The molecular weight excluding hydrogens is 390 g/mol. The van der Waals surface area contributed by atoms with Crippen LogP contribution in [-0.2, 0) is 7.05 Å². The first-order chi connectivity index (χ1) is 14.5. The average Bonchev–Trinajstić information content (AvgIpc) is 3.13. The van der Waals surface area contributed by atoms with E-state index in [0.29, 0.717) is 10.7 Å². The summed E-state index contributed by atoms with van der Waals surface area (Å²) in [5.41, 5.74) is 4.95. The van der Waals surface area contributed by atoms with E-state index in [0.717, 1.165) is 28.1 Å². The summed E-state index contributed by atoms with van der Waals surface area (Å²) in [6.45, 7) is 4.06. The van der Waals surface area contributed by atoms with Gasteiger partial charge in [0.25, 0.3) is 0 Å². The maximum absolute atomic E-state index is 13.5. The number of hydrogen-bond acceptors (Lipinski definition) is 4. The second kappa shape index (κ2) is 8.67. The highest BCUT2D eigenvalue weighted by Gasteiger charge is 2.26. The Balaban J connectivity index is 1.70. The number of Topliss-reactive ketones (excluding diaryl/α,β-unsaturated/α-hetero) is 1. The molecule has 0 radical (unpaired) electrons. The summed E-state index contributed by atoms with van der Waals surface area (Å²) >= 11 is 1.44. The Morgan fingerprint density at radius 1 is 0.833 bits per heavy atom. The molecular formula is C25H23N3OS. The van der Waals surface area contributed by atoms with E-state index >= 15 is 0 Å². The van der Waals surface area contributed by atoms with Crippen LogP contribution in [-0.4, -0.2) is 20.5 Å².